The van der Waals surface area contributed by atoms with Crippen molar-refractivity contribution >= 4 is 5.82 Å². The average molecular weight is 290 g/mol. The molecule has 1 aromatic heterocycles. The highest BCUT2D eigenvalue weighted by atomic mass is 15.2. The summed E-state index contributed by atoms with van der Waals surface area (Å²) in [6.07, 6.45) is 3.51. The molecule has 1 N–H and O–H groups in total. The van der Waals surface area contributed by atoms with E-state index in [4.69, 9.17) is 4.98 Å². The molecule has 21 heavy (non-hydrogen) atoms. The Morgan fingerprint density at radius 2 is 2.24 bits per heavy atom. The summed E-state index contributed by atoms with van der Waals surface area (Å²) in [7, 11) is 6.39. The Balaban J connectivity index is 2.08. The van der Waals surface area contributed by atoms with E-state index in [1.54, 1.807) is 0 Å². The van der Waals surface area contributed by atoms with Crippen LogP contribution in [0.15, 0.2) is 12.1 Å². The largest absolute Gasteiger partial charge is 0.359 e. The first-order valence-corrected chi connectivity index (χ1v) is 8.16. The molecule has 1 fully saturated rings. The number of hydrogen-bond donors (Lipinski definition) is 1. The lowest BCUT2D eigenvalue weighted by Gasteiger charge is -2.23. The van der Waals surface area contributed by atoms with E-state index in [9.17, 15) is 0 Å². The van der Waals surface area contributed by atoms with Crippen LogP contribution in [0.2, 0.25) is 0 Å². The van der Waals surface area contributed by atoms with Gasteiger partial charge in [0.25, 0.3) is 0 Å². The minimum absolute atomic E-state index is 0.768. The third-order valence-electron chi connectivity index (χ3n) is 4.22. The Bertz CT molecular complexity index is 422. The number of pyridine rings is 1. The second-order valence-corrected chi connectivity index (χ2v) is 6.40. The van der Waals surface area contributed by atoms with Crippen molar-refractivity contribution in [3.63, 3.8) is 0 Å². The van der Waals surface area contributed by atoms with Crippen molar-refractivity contribution in [2.45, 2.75) is 32.7 Å². The van der Waals surface area contributed by atoms with E-state index in [-0.39, 0.29) is 0 Å². The summed E-state index contributed by atoms with van der Waals surface area (Å²) in [5.41, 5.74) is 2.55. The number of likely N-dealkylation sites (tertiary alicyclic amines) is 1. The van der Waals surface area contributed by atoms with Crippen LogP contribution < -0.4 is 10.2 Å². The Morgan fingerprint density at radius 1 is 1.43 bits per heavy atom. The monoisotopic (exact) mass is 290 g/mol. The van der Waals surface area contributed by atoms with Crippen LogP contribution >= 0.6 is 0 Å². The SMILES string of the molecule is CCCc1cc(CNC)cc(N(C)CC2CCN(C)C2)n1. The highest BCUT2D eigenvalue weighted by Gasteiger charge is 2.21. The van der Waals surface area contributed by atoms with Crippen LogP contribution in [-0.2, 0) is 13.0 Å². The van der Waals surface area contributed by atoms with Crippen LogP contribution in [0, 0.1) is 5.92 Å². The number of aromatic nitrogens is 1. The lowest BCUT2D eigenvalue weighted by molar-refractivity contribution is 0.395. The van der Waals surface area contributed by atoms with Gasteiger partial charge in [-0.3, -0.25) is 0 Å². The first kappa shape index (κ1) is 16.2. The molecular weight excluding hydrogens is 260 g/mol. The van der Waals surface area contributed by atoms with Crippen LogP contribution in [0.5, 0.6) is 0 Å². The van der Waals surface area contributed by atoms with Gasteiger partial charge in [0.2, 0.25) is 0 Å². The summed E-state index contributed by atoms with van der Waals surface area (Å²) >= 11 is 0. The molecule has 0 aromatic carbocycles. The highest BCUT2D eigenvalue weighted by Crippen LogP contribution is 2.20. The molecule has 1 unspecified atom stereocenters. The normalized spacial score (nSPS) is 19.1. The van der Waals surface area contributed by atoms with Gasteiger partial charge in [-0.25, -0.2) is 4.98 Å². The van der Waals surface area contributed by atoms with Gasteiger partial charge in [0.1, 0.15) is 5.82 Å². The molecule has 4 heteroatoms. The summed E-state index contributed by atoms with van der Waals surface area (Å²) in [5, 5.41) is 3.25. The van der Waals surface area contributed by atoms with E-state index >= 15 is 0 Å². The molecule has 0 saturated carbocycles. The van der Waals surface area contributed by atoms with Gasteiger partial charge in [0.05, 0.1) is 0 Å². The zero-order chi connectivity index (χ0) is 15.2. The van der Waals surface area contributed by atoms with E-state index in [1.165, 1.54) is 30.8 Å². The maximum Gasteiger partial charge on any atom is 0.128 e. The molecular formula is C17H30N4. The van der Waals surface area contributed by atoms with E-state index in [1.807, 2.05) is 7.05 Å². The molecule has 118 valence electrons. The van der Waals surface area contributed by atoms with E-state index in [0.29, 0.717) is 0 Å². The van der Waals surface area contributed by atoms with Gasteiger partial charge in [-0.2, -0.15) is 0 Å². The molecule has 1 aliphatic heterocycles. The zero-order valence-electron chi connectivity index (χ0n) is 14.0. The third kappa shape index (κ3) is 4.68. The highest BCUT2D eigenvalue weighted by molar-refractivity contribution is 5.42. The second kappa shape index (κ2) is 7.76. The summed E-state index contributed by atoms with van der Waals surface area (Å²) < 4.78 is 0. The van der Waals surface area contributed by atoms with Gasteiger partial charge in [0.15, 0.2) is 0 Å². The molecule has 1 atom stereocenters. The number of hydrogen-bond acceptors (Lipinski definition) is 4. The predicted octanol–water partition coefficient (Wildman–Crippen LogP) is 2.14. The minimum atomic E-state index is 0.768. The Morgan fingerprint density at radius 3 is 2.86 bits per heavy atom. The number of nitrogens with one attached hydrogen (secondary N) is 1. The standard InChI is InChI=1S/C17H30N4/c1-5-6-16-9-15(11-18-2)10-17(19-16)21(4)13-14-7-8-20(3)12-14/h9-10,14,18H,5-8,11-13H2,1-4H3. The van der Waals surface area contributed by atoms with Crippen LogP contribution in [0.1, 0.15) is 31.0 Å². The zero-order valence-corrected chi connectivity index (χ0v) is 14.0. The van der Waals surface area contributed by atoms with Gasteiger partial charge in [-0.15, -0.1) is 0 Å². The van der Waals surface area contributed by atoms with Crippen LogP contribution in [-0.4, -0.2) is 50.7 Å². The minimum Gasteiger partial charge on any atom is -0.359 e. The fraction of sp³-hybridized carbons (Fsp3) is 0.706. The molecule has 1 aliphatic rings. The summed E-state index contributed by atoms with van der Waals surface area (Å²) in [6, 6.07) is 4.47. The molecule has 1 aromatic rings. The van der Waals surface area contributed by atoms with E-state index in [0.717, 1.165) is 37.7 Å². The fourth-order valence-electron chi connectivity index (χ4n) is 3.18. The molecule has 0 radical (unpaired) electrons. The lowest BCUT2D eigenvalue weighted by atomic mass is 10.1. The van der Waals surface area contributed by atoms with Crippen molar-refractivity contribution in [3.05, 3.63) is 23.4 Å². The Kier molecular flexibility index (Phi) is 6.00. The van der Waals surface area contributed by atoms with Crippen LogP contribution in [0.25, 0.3) is 0 Å². The number of anilines is 1. The molecule has 2 heterocycles. The summed E-state index contributed by atoms with van der Waals surface area (Å²) in [6.45, 7) is 6.66. The van der Waals surface area contributed by atoms with Crippen molar-refractivity contribution in [1.82, 2.24) is 15.2 Å². The average Bonchev–Trinajstić information content (AvgIpc) is 2.84. The smallest absolute Gasteiger partial charge is 0.128 e. The van der Waals surface area contributed by atoms with E-state index < -0.39 is 0 Å². The molecule has 0 spiro atoms. The van der Waals surface area contributed by atoms with Gasteiger partial charge in [0, 0.05) is 32.4 Å². The van der Waals surface area contributed by atoms with Crippen molar-refractivity contribution in [2.75, 3.05) is 45.7 Å². The molecule has 2 rings (SSSR count). The van der Waals surface area contributed by atoms with Crippen molar-refractivity contribution in [2.24, 2.45) is 5.92 Å². The van der Waals surface area contributed by atoms with Gasteiger partial charge in [-0.1, -0.05) is 13.3 Å². The number of aryl methyl sites for hydroxylation is 1. The maximum atomic E-state index is 4.85. The van der Waals surface area contributed by atoms with Crippen LogP contribution in [0.3, 0.4) is 0 Å². The van der Waals surface area contributed by atoms with Crippen molar-refractivity contribution in [1.29, 1.82) is 0 Å². The molecule has 0 bridgehead atoms. The molecule has 4 nitrogen and oxygen atoms in total. The van der Waals surface area contributed by atoms with Gasteiger partial charge >= 0.3 is 0 Å². The first-order valence-electron chi connectivity index (χ1n) is 8.16. The quantitative estimate of drug-likeness (QED) is 0.834. The second-order valence-electron chi connectivity index (χ2n) is 6.40. The summed E-state index contributed by atoms with van der Waals surface area (Å²) in [5.74, 6) is 1.89. The maximum absolute atomic E-state index is 4.85. The lowest BCUT2D eigenvalue weighted by Crippen LogP contribution is -2.28. The Labute approximate surface area is 129 Å². The van der Waals surface area contributed by atoms with Gasteiger partial charge < -0.3 is 15.1 Å². The first-order chi connectivity index (χ1) is 10.1. The predicted molar refractivity (Wildman–Crippen MR) is 89.9 cm³/mol. The molecule has 0 aliphatic carbocycles. The van der Waals surface area contributed by atoms with Crippen molar-refractivity contribution in [3.8, 4) is 0 Å². The summed E-state index contributed by atoms with van der Waals surface area (Å²) in [4.78, 5) is 9.61. The van der Waals surface area contributed by atoms with E-state index in [2.05, 4.69) is 48.3 Å². The van der Waals surface area contributed by atoms with Crippen LogP contribution in [0.4, 0.5) is 5.82 Å². The number of nitrogens with zero attached hydrogens (tertiary/aromatic N) is 3. The molecule has 1 saturated heterocycles. The topological polar surface area (TPSA) is 31.4 Å². The van der Waals surface area contributed by atoms with Gasteiger partial charge in [-0.05, 0) is 57.1 Å². The van der Waals surface area contributed by atoms with Crippen molar-refractivity contribution < 1.29 is 0 Å². The fourth-order valence-corrected chi connectivity index (χ4v) is 3.18. The third-order valence-corrected chi connectivity index (χ3v) is 4.22. The molecule has 0 amide bonds. The Hall–Kier alpha value is -1.13. The number of rotatable bonds is 7.